The summed E-state index contributed by atoms with van der Waals surface area (Å²) in [5, 5.41) is 3.70. The second-order valence-electron chi connectivity index (χ2n) is 7.53. The molecule has 20 heavy (non-hydrogen) atoms. The van der Waals surface area contributed by atoms with E-state index in [9.17, 15) is 0 Å². The number of nitrogens with one attached hydrogen (secondary N) is 1. The molecule has 0 spiro atoms. The van der Waals surface area contributed by atoms with E-state index < -0.39 is 0 Å². The number of rotatable bonds is 3. The molecule has 0 aliphatic heterocycles. The summed E-state index contributed by atoms with van der Waals surface area (Å²) in [5.41, 5.74) is 0.536. The van der Waals surface area contributed by atoms with Crippen LogP contribution in [0.5, 0.6) is 0 Å². The molecule has 1 N–H and O–H groups in total. The predicted molar refractivity (Wildman–Crippen MR) is 84.0 cm³/mol. The summed E-state index contributed by atoms with van der Waals surface area (Å²) in [6.45, 7) is 4.80. The quantitative estimate of drug-likeness (QED) is 0.861. The van der Waals surface area contributed by atoms with Gasteiger partial charge in [-0.3, -0.25) is 0 Å². The summed E-state index contributed by atoms with van der Waals surface area (Å²) in [6, 6.07) is 1.29. The summed E-state index contributed by atoms with van der Waals surface area (Å²) < 4.78 is 2.41. The van der Waals surface area contributed by atoms with E-state index in [0.717, 1.165) is 5.95 Å². The number of hydrogen-bond donors (Lipinski definition) is 1. The lowest BCUT2D eigenvalue weighted by atomic mass is 9.75. The second-order valence-corrected chi connectivity index (χ2v) is 7.53. The number of aromatic nitrogens is 2. The van der Waals surface area contributed by atoms with Crippen LogP contribution >= 0.6 is 0 Å². The molecule has 112 valence electrons. The molecule has 0 aromatic carbocycles. The molecule has 2 saturated carbocycles. The van der Waals surface area contributed by atoms with Gasteiger partial charge in [-0.15, -0.1) is 0 Å². The molecule has 0 amide bonds. The molecule has 0 bridgehead atoms. The smallest absolute Gasteiger partial charge is 0.203 e. The van der Waals surface area contributed by atoms with Gasteiger partial charge in [0.05, 0.1) is 0 Å². The normalized spacial score (nSPS) is 24.7. The lowest BCUT2D eigenvalue weighted by molar-refractivity contribution is 0.194. The van der Waals surface area contributed by atoms with E-state index in [1.807, 2.05) is 6.20 Å². The second kappa shape index (κ2) is 5.79. The summed E-state index contributed by atoms with van der Waals surface area (Å²) in [7, 11) is 0. The fourth-order valence-electron chi connectivity index (χ4n) is 3.81. The molecule has 2 aliphatic rings. The Morgan fingerprint density at radius 1 is 1.10 bits per heavy atom. The Balaban J connectivity index is 1.64. The van der Waals surface area contributed by atoms with Gasteiger partial charge in [-0.05, 0) is 43.9 Å². The van der Waals surface area contributed by atoms with Gasteiger partial charge in [0.1, 0.15) is 0 Å². The molecule has 3 heteroatoms. The maximum atomic E-state index is 4.57. The van der Waals surface area contributed by atoms with Crippen LogP contribution in [-0.2, 0) is 0 Å². The van der Waals surface area contributed by atoms with E-state index in [0.29, 0.717) is 17.5 Å². The summed E-state index contributed by atoms with van der Waals surface area (Å²) in [6.07, 6.45) is 16.2. The molecule has 3 rings (SSSR count). The zero-order chi connectivity index (χ0) is 14.0. The fraction of sp³-hybridized carbons (Fsp3) is 0.824. The maximum Gasteiger partial charge on any atom is 0.203 e. The van der Waals surface area contributed by atoms with Gasteiger partial charge in [0.2, 0.25) is 5.95 Å². The predicted octanol–water partition coefficient (Wildman–Crippen LogP) is 4.77. The highest BCUT2D eigenvalue weighted by Crippen LogP contribution is 2.41. The van der Waals surface area contributed by atoms with Crippen LogP contribution in [0, 0.1) is 5.41 Å². The Hall–Kier alpha value is -0.990. The van der Waals surface area contributed by atoms with Crippen LogP contribution in [0.25, 0.3) is 0 Å². The first-order valence-corrected chi connectivity index (χ1v) is 8.43. The fourth-order valence-corrected chi connectivity index (χ4v) is 3.81. The van der Waals surface area contributed by atoms with Crippen LogP contribution in [0.3, 0.4) is 0 Å². The Morgan fingerprint density at radius 2 is 1.80 bits per heavy atom. The van der Waals surface area contributed by atoms with Gasteiger partial charge in [0, 0.05) is 24.5 Å². The van der Waals surface area contributed by atoms with Gasteiger partial charge >= 0.3 is 0 Å². The van der Waals surface area contributed by atoms with E-state index in [2.05, 4.69) is 34.9 Å². The zero-order valence-electron chi connectivity index (χ0n) is 13.1. The molecule has 2 fully saturated rings. The highest BCUT2D eigenvalue weighted by atomic mass is 15.2. The van der Waals surface area contributed by atoms with E-state index in [1.54, 1.807) is 0 Å². The SMILES string of the molecule is CC1(C)CCC(n2ccnc2NC2CCCCC2)CC1. The van der Waals surface area contributed by atoms with Gasteiger partial charge in [-0.2, -0.15) is 0 Å². The minimum absolute atomic E-state index is 0.536. The van der Waals surface area contributed by atoms with Crippen molar-refractivity contribution < 1.29 is 0 Å². The van der Waals surface area contributed by atoms with Crippen LogP contribution in [0.4, 0.5) is 5.95 Å². The first kappa shape index (κ1) is 14.0. The maximum absolute atomic E-state index is 4.57. The number of anilines is 1. The van der Waals surface area contributed by atoms with Gasteiger partial charge in [-0.25, -0.2) is 4.98 Å². The molecular formula is C17H29N3. The standard InChI is InChI=1S/C17H29N3/c1-17(2)10-8-15(9-11-17)20-13-12-18-16(20)19-14-6-4-3-5-7-14/h12-15H,3-11H2,1-2H3,(H,18,19). The van der Waals surface area contributed by atoms with E-state index >= 15 is 0 Å². The van der Waals surface area contributed by atoms with Gasteiger partial charge < -0.3 is 9.88 Å². The minimum Gasteiger partial charge on any atom is -0.353 e. The average Bonchev–Trinajstić information content (AvgIpc) is 2.88. The molecule has 2 aliphatic carbocycles. The molecule has 1 heterocycles. The summed E-state index contributed by atoms with van der Waals surface area (Å²) >= 11 is 0. The van der Waals surface area contributed by atoms with Crippen molar-refractivity contribution in [2.24, 2.45) is 5.41 Å². The summed E-state index contributed by atoms with van der Waals surface area (Å²) in [5.74, 6) is 1.11. The van der Waals surface area contributed by atoms with Crippen molar-refractivity contribution in [3.63, 3.8) is 0 Å². The van der Waals surface area contributed by atoms with E-state index in [-0.39, 0.29) is 0 Å². The van der Waals surface area contributed by atoms with Gasteiger partial charge in [0.15, 0.2) is 0 Å². The molecular weight excluding hydrogens is 246 g/mol. The van der Waals surface area contributed by atoms with Gasteiger partial charge in [-0.1, -0.05) is 33.1 Å². The number of hydrogen-bond acceptors (Lipinski definition) is 2. The molecule has 0 unspecified atom stereocenters. The van der Waals surface area contributed by atoms with Crippen molar-refractivity contribution in [1.82, 2.24) is 9.55 Å². The Kier molecular flexibility index (Phi) is 4.04. The molecule has 1 aromatic heterocycles. The van der Waals surface area contributed by atoms with E-state index in [4.69, 9.17) is 0 Å². The lowest BCUT2D eigenvalue weighted by Gasteiger charge is -2.35. The molecule has 1 aromatic rings. The van der Waals surface area contributed by atoms with Crippen molar-refractivity contribution in [2.75, 3.05) is 5.32 Å². The van der Waals surface area contributed by atoms with Crippen molar-refractivity contribution in [2.45, 2.75) is 83.7 Å². The molecule has 0 saturated heterocycles. The zero-order valence-corrected chi connectivity index (χ0v) is 13.1. The first-order chi connectivity index (χ1) is 9.64. The van der Waals surface area contributed by atoms with Gasteiger partial charge in [0.25, 0.3) is 0 Å². The number of imidazole rings is 1. The molecule has 0 radical (unpaired) electrons. The first-order valence-electron chi connectivity index (χ1n) is 8.43. The van der Waals surface area contributed by atoms with Crippen molar-refractivity contribution in [3.05, 3.63) is 12.4 Å². The third-order valence-corrected chi connectivity index (χ3v) is 5.31. The highest BCUT2D eigenvalue weighted by Gasteiger charge is 2.28. The lowest BCUT2D eigenvalue weighted by Crippen LogP contribution is -2.27. The summed E-state index contributed by atoms with van der Waals surface area (Å²) in [4.78, 5) is 4.57. The van der Waals surface area contributed by atoms with E-state index in [1.165, 1.54) is 57.8 Å². The molecule has 3 nitrogen and oxygen atoms in total. The van der Waals surface area contributed by atoms with Crippen LogP contribution in [0.15, 0.2) is 12.4 Å². The monoisotopic (exact) mass is 275 g/mol. The third kappa shape index (κ3) is 3.18. The van der Waals surface area contributed by atoms with Crippen molar-refractivity contribution in [1.29, 1.82) is 0 Å². The number of nitrogens with zero attached hydrogens (tertiary/aromatic N) is 2. The third-order valence-electron chi connectivity index (χ3n) is 5.31. The molecule has 0 atom stereocenters. The van der Waals surface area contributed by atoms with Crippen LogP contribution in [0.2, 0.25) is 0 Å². The Morgan fingerprint density at radius 3 is 2.50 bits per heavy atom. The highest BCUT2D eigenvalue weighted by molar-refractivity contribution is 5.28. The van der Waals surface area contributed by atoms with Crippen molar-refractivity contribution in [3.8, 4) is 0 Å². The van der Waals surface area contributed by atoms with Crippen LogP contribution < -0.4 is 5.32 Å². The van der Waals surface area contributed by atoms with Crippen molar-refractivity contribution >= 4 is 5.95 Å². The Labute approximate surface area is 123 Å². The topological polar surface area (TPSA) is 29.9 Å². The Bertz CT molecular complexity index is 419. The van der Waals surface area contributed by atoms with Crippen LogP contribution in [0.1, 0.15) is 77.7 Å². The van der Waals surface area contributed by atoms with Crippen LogP contribution in [-0.4, -0.2) is 15.6 Å². The largest absolute Gasteiger partial charge is 0.353 e. The average molecular weight is 275 g/mol. The minimum atomic E-state index is 0.536.